The number of pyridine rings is 2. The number of hydrogen-bond acceptors (Lipinski definition) is 3. The van der Waals surface area contributed by atoms with Gasteiger partial charge in [0.2, 0.25) is 5.91 Å². The van der Waals surface area contributed by atoms with Crippen molar-refractivity contribution >= 4 is 22.6 Å². The molecular formula is C28H28FN3O. The van der Waals surface area contributed by atoms with Crippen molar-refractivity contribution in [2.75, 3.05) is 5.32 Å². The van der Waals surface area contributed by atoms with E-state index in [1.165, 1.54) is 11.6 Å². The third-order valence-corrected chi connectivity index (χ3v) is 7.63. The number of fused-ring (bicyclic) bond motifs is 2. The fourth-order valence-electron chi connectivity index (χ4n) is 5.96. The Labute approximate surface area is 194 Å². The minimum Gasteiger partial charge on any atom is -0.310 e. The second-order valence-corrected chi connectivity index (χ2v) is 9.57. The Bertz CT molecular complexity index is 1230. The third kappa shape index (κ3) is 4.35. The molecule has 2 aromatic heterocycles. The monoisotopic (exact) mass is 441 g/mol. The summed E-state index contributed by atoms with van der Waals surface area (Å²) in [5.74, 6) is 8.22. The van der Waals surface area contributed by atoms with E-state index < -0.39 is 0 Å². The SMILES string of the molecule is CC#Cc1ccc(NC(=O)C(C)C2CC3CC(c4ccnc5ccc(F)cc45)CC3C2)nc1. The fraction of sp³-hybridized carbons (Fsp3) is 0.393. The van der Waals surface area contributed by atoms with Crippen molar-refractivity contribution in [3.63, 3.8) is 0 Å². The van der Waals surface area contributed by atoms with Gasteiger partial charge in [-0.15, -0.1) is 5.92 Å². The first-order chi connectivity index (χ1) is 16.0. The molecule has 0 radical (unpaired) electrons. The van der Waals surface area contributed by atoms with Crippen molar-refractivity contribution in [1.82, 2.24) is 9.97 Å². The van der Waals surface area contributed by atoms with Gasteiger partial charge in [-0.25, -0.2) is 9.37 Å². The molecule has 0 saturated heterocycles. The Morgan fingerprint density at radius 2 is 1.88 bits per heavy atom. The van der Waals surface area contributed by atoms with Crippen LogP contribution in [0.25, 0.3) is 10.9 Å². The lowest BCUT2D eigenvalue weighted by molar-refractivity contribution is -0.120. The molecule has 0 aliphatic heterocycles. The van der Waals surface area contributed by atoms with Gasteiger partial charge in [-0.1, -0.05) is 12.8 Å². The van der Waals surface area contributed by atoms with Crippen LogP contribution in [0.1, 0.15) is 56.6 Å². The van der Waals surface area contributed by atoms with Gasteiger partial charge in [-0.05, 0) is 98.2 Å². The Morgan fingerprint density at radius 3 is 2.58 bits per heavy atom. The molecule has 5 rings (SSSR count). The normalized spacial score (nSPS) is 24.7. The quantitative estimate of drug-likeness (QED) is 0.510. The largest absolute Gasteiger partial charge is 0.310 e. The van der Waals surface area contributed by atoms with Gasteiger partial charge in [0, 0.05) is 29.3 Å². The lowest BCUT2D eigenvalue weighted by atomic mass is 9.86. The van der Waals surface area contributed by atoms with Gasteiger partial charge < -0.3 is 5.32 Å². The van der Waals surface area contributed by atoms with E-state index in [1.54, 1.807) is 31.3 Å². The molecule has 1 N–H and O–H groups in total. The first-order valence-corrected chi connectivity index (χ1v) is 11.8. The van der Waals surface area contributed by atoms with Crippen molar-refractivity contribution in [3.8, 4) is 11.8 Å². The van der Waals surface area contributed by atoms with Crippen LogP contribution in [0.3, 0.4) is 0 Å². The highest BCUT2D eigenvalue weighted by Gasteiger charge is 2.44. The number of rotatable bonds is 4. The summed E-state index contributed by atoms with van der Waals surface area (Å²) in [5.41, 5.74) is 2.92. The fourth-order valence-corrected chi connectivity index (χ4v) is 5.96. The smallest absolute Gasteiger partial charge is 0.228 e. The van der Waals surface area contributed by atoms with Crippen molar-refractivity contribution in [1.29, 1.82) is 0 Å². The number of hydrogen-bond donors (Lipinski definition) is 1. The van der Waals surface area contributed by atoms with Crippen molar-refractivity contribution in [3.05, 3.63) is 65.7 Å². The standard InChI is InChI=1S/C28H28FN3O/c1-3-4-18-5-8-27(31-16-18)32-28(33)17(2)19-11-20-13-22(14-21(20)12-19)24-9-10-30-26-7-6-23(29)15-25(24)26/h5-10,15-17,19-22H,11-14H2,1-2H3,(H,31,32,33). The Hall–Kier alpha value is -3.26. The summed E-state index contributed by atoms with van der Waals surface area (Å²) in [6.45, 7) is 3.82. The maximum Gasteiger partial charge on any atom is 0.228 e. The van der Waals surface area contributed by atoms with Crippen LogP contribution >= 0.6 is 0 Å². The van der Waals surface area contributed by atoms with Gasteiger partial charge in [0.05, 0.1) is 5.52 Å². The molecule has 3 aromatic rings. The first-order valence-electron chi connectivity index (χ1n) is 11.8. The molecule has 2 aliphatic carbocycles. The highest BCUT2D eigenvalue weighted by atomic mass is 19.1. The number of anilines is 1. The highest BCUT2D eigenvalue weighted by molar-refractivity contribution is 5.91. The zero-order chi connectivity index (χ0) is 22.9. The second-order valence-electron chi connectivity index (χ2n) is 9.57. The van der Waals surface area contributed by atoms with Gasteiger partial charge in [-0.3, -0.25) is 9.78 Å². The summed E-state index contributed by atoms with van der Waals surface area (Å²) in [7, 11) is 0. The number of aromatic nitrogens is 2. The molecule has 3 atom stereocenters. The van der Waals surface area contributed by atoms with E-state index in [0.29, 0.717) is 29.5 Å². The van der Waals surface area contributed by atoms with Gasteiger partial charge in [0.25, 0.3) is 0 Å². The second kappa shape index (κ2) is 8.94. The van der Waals surface area contributed by atoms with Crippen LogP contribution in [0.2, 0.25) is 0 Å². The van der Waals surface area contributed by atoms with E-state index in [-0.39, 0.29) is 17.6 Å². The number of nitrogens with zero attached hydrogens (tertiary/aromatic N) is 2. The Kier molecular flexibility index (Phi) is 5.85. The lowest BCUT2D eigenvalue weighted by Crippen LogP contribution is -2.26. The molecule has 2 aliphatic rings. The number of carbonyl (C=O) groups is 1. The van der Waals surface area contributed by atoms with Crippen LogP contribution in [0.5, 0.6) is 0 Å². The summed E-state index contributed by atoms with van der Waals surface area (Å²) in [4.78, 5) is 21.6. The molecule has 5 heteroatoms. The molecule has 2 fully saturated rings. The van der Waals surface area contributed by atoms with Crippen LogP contribution in [-0.2, 0) is 4.79 Å². The number of benzene rings is 1. The number of halogens is 1. The van der Waals surface area contributed by atoms with Crippen molar-refractivity contribution in [2.45, 2.75) is 45.4 Å². The molecule has 1 amide bonds. The molecule has 33 heavy (non-hydrogen) atoms. The van der Waals surface area contributed by atoms with Crippen molar-refractivity contribution in [2.24, 2.45) is 23.7 Å². The molecule has 1 aromatic carbocycles. The number of amides is 1. The van der Waals surface area contributed by atoms with E-state index in [9.17, 15) is 9.18 Å². The summed E-state index contributed by atoms with van der Waals surface area (Å²) >= 11 is 0. The van der Waals surface area contributed by atoms with E-state index in [0.717, 1.165) is 42.1 Å². The number of carbonyl (C=O) groups excluding carboxylic acids is 1. The molecular weight excluding hydrogens is 413 g/mol. The Morgan fingerprint density at radius 1 is 1.09 bits per heavy atom. The predicted octanol–water partition coefficient (Wildman–Crippen LogP) is 5.93. The molecule has 2 heterocycles. The molecule has 3 unspecified atom stereocenters. The zero-order valence-electron chi connectivity index (χ0n) is 19.0. The van der Waals surface area contributed by atoms with Gasteiger partial charge in [0.1, 0.15) is 11.6 Å². The summed E-state index contributed by atoms with van der Waals surface area (Å²) in [5, 5.41) is 3.91. The van der Waals surface area contributed by atoms with Gasteiger partial charge >= 0.3 is 0 Å². The van der Waals surface area contributed by atoms with E-state index in [4.69, 9.17) is 0 Å². The first kappa shape index (κ1) is 21.6. The van der Waals surface area contributed by atoms with Crippen LogP contribution < -0.4 is 5.32 Å². The maximum atomic E-state index is 13.9. The topological polar surface area (TPSA) is 54.9 Å². The molecule has 0 spiro atoms. The summed E-state index contributed by atoms with van der Waals surface area (Å²) in [6, 6.07) is 10.6. The third-order valence-electron chi connectivity index (χ3n) is 7.63. The zero-order valence-corrected chi connectivity index (χ0v) is 19.0. The highest BCUT2D eigenvalue weighted by Crippen LogP contribution is 2.54. The van der Waals surface area contributed by atoms with E-state index in [2.05, 4.69) is 33.2 Å². The molecule has 2 saturated carbocycles. The maximum absolute atomic E-state index is 13.9. The average Bonchev–Trinajstić information content (AvgIpc) is 3.39. The minimum atomic E-state index is -0.211. The van der Waals surface area contributed by atoms with Gasteiger partial charge in [0.15, 0.2) is 0 Å². The van der Waals surface area contributed by atoms with Crippen molar-refractivity contribution < 1.29 is 9.18 Å². The lowest BCUT2D eigenvalue weighted by Gasteiger charge is -2.21. The van der Waals surface area contributed by atoms with Crippen LogP contribution in [0.4, 0.5) is 10.2 Å². The van der Waals surface area contributed by atoms with E-state index in [1.807, 2.05) is 19.2 Å². The van der Waals surface area contributed by atoms with E-state index >= 15 is 0 Å². The summed E-state index contributed by atoms with van der Waals surface area (Å²) in [6.07, 6.45) is 7.89. The summed E-state index contributed by atoms with van der Waals surface area (Å²) < 4.78 is 13.9. The molecule has 0 bridgehead atoms. The molecule has 168 valence electrons. The predicted molar refractivity (Wildman–Crippen MR) is 128 cm³/mol. The minimum absolute atomic E-state index is 0.0361. The average molecular weight is 442 g/mol. The van der Waals surface area contributed by atoms with Gasteiger partial charge in [-0.2, -0.15) is 0 Å². The van der Waals surface area contributed by atoms with Crippen LogP contribution in [-0.4, -0.2) is 15.9 Å². The van der Waals surface area contributed by atoms with Crippen LogP contribution in [0, 0.1) is 41.3 Å². The number of nitrogens with one attached hydrogen (secondary N) is 1. The molecule has 4 nitrogen and oxygen atoms in total. The Balaban J connectivity index is 1.22. The van der Waals surface area contributed by atoms with Crippen LogP contribution in [0.15, 0.2) is 48.8 Å².